The molecule has 5 nitrogen and oxygen atoms in total. The summed E-state index contributed by atoms with van der Waals surface area (Å²) in [5.74, 6) is -0.0198. The predicted molar refractivity (Wildman–Crippen MR) is 57.9 cm³/mol. The van der Waals surface area contributed by atoms with E-state index in [0.29, 0.717) is 24.7 Å². The Kier molecular flexibility index (Phi) is 7.65. The van der Waals surface area contributed by atoms with E-state index in [1.807, 2.05) is 13.2 Å². The minimum absolute atomic E-state index is 0.0198. The van der Waals surface area contributed by atoms with Gasteiger partial charge in [-0.25, -0.2) is 0 Å². The number of hydrogen-bond acceptors (Lipinski definition) is 4. The lowest BCUT2D eigenvalue weighted by Crippen LogP contribution is -2.23. The number of amides is 1. The first-order valence-corrected chi connectivity index (χ1v) is 5.47. The lowest BCUT2D eigenvalue weighted by molar-refractivity contribution is -0.120. The summed E-state index contributed by atoms with van der Waals surface area (Å²) >= 11 is 1.34. The molecule has 0 aromatic heterocycles. The van der Waals surface area contributed by atoms with Crippen LogP contribution in [0.4, 0.5) is 0 Å². The van der Waals surface area contributed by atoms with E-state index >= 15 is 0 Å². The van der Waals surface area contributed by atoms with Gasteiger partial charge >= 0.3 is 0 Å². The fourth-order valence-corrected chi connectivity index (χ4v) is 1.12. The van der Waals surface area contributed by atoms with Crippen LogP contribution in [0.2, 0.25) is 0 Å². The second-order valence-electron chi connectivity index (χ2n) is 2.33. The van der Waals surface area contributed by atoms with E-state index in [9.17, 15) is 4.79 Å². The highest BCUT2D eigenvalue weighted by atomic mass is 32.2. The molecule has 14 heavy (non-hydrogen) atoms. The highest BCUT2D eigenvalue weighted by Gasteiger charge is 1.98. The zero-order valence-corrected chi connectivity index (χ0v) is 9.15. The number of amidine groups is 1. The van der Waals surface area contributed by atoms with Crippen molar-refractivity contribution < 1.29 is 4.79 Å². The van der Waals surface area contributed by atoms with Crippen molar-refractivity contribution in [2.75, 3.05) is 19.3 Å². The molecule has 0 saturated carbocycles. The van der Waals surface area contributed by atoms with Gasteiger partial charge < -0.3 is 5.32 Å². The lowest BCUT2D eigenvalue weighted by atomic mass is 10.4. The first-order chi connectivity index (χ1) is 6.74. The number of nitrogens with zero attached hydrogens (tertiary/aromatic N) is 2. The molecule has 78 valence electrons. The average Bonchev–Trinajstić information content (AvgIpc) is 2.17. The second-order valence-corrected chi connectivity index (χ2v) is 3.13. The summed E-state index contributed by atoms with van der Waals surface area (Å²) in [5, 5.41) is 14.0. The van der Waals surface area contributed by atoms with Gasteiger partial charge in [-0.1, -0.05) is 11.8 Å². The van der Waals surface area contributed by atoms with Gasteiger partial charge in [0.25, 0.3) is 0 Å². The molecule has 2 N–H and O–H groups in total. The van der Waals surface area contributed by atoms with Gasteiger partial charge in [0.2, 0.25) is 5.91 Å². The lowest BCUT2D eigenvalue weighted by Gasteiger charge is -2.00. The third-order valence-corrected chi connectivity index (χ3v) is 1.94. The van der Waals surface area contributed by atoms with Crippen LogP contribution in [-0.4, -0.2) is 30.4 Å². The Morgan fingerprint density at radius 3 is 2.86 bits per heavy atom. The Morgan fingerprint density at radius 1 is 1.64 bits per heavy atom. The van der Waals surface area contributed by atoms with Crippen molar-refractivity contribution >= 4 is 22.8 Å². The summed E-state index contributed by atoms with van der Waals surface area (Å²) in [5.41, 5.74) is 0. The summed E-state index contributed by atoms with van der Waals surface area (Å²) in [4.78, 5) is 15.0. The van der Waals surface area contributed by atoms with E-state index in [4.69, 9.17) is 5.26 Å². The Morgan fingerprint density at radius 2 is 2.36 bits per heavy atom. The van der Waals surface area contributed by atoms with Crippen LogP contribution in [0.5, 0.6) is 0 Å². The van der Waals surface area contributed by atoms with Crippen molar-refractivity contribution in [2.45, 2.75) is 13.3 Å². The van der Waals surface area contributed by atoms with Gasteiger partial charge in [0.05, 0.1) is 6.54 Å². The Hall–Kier alpha value is -1.22. The van der Waals surface area contributed by atoms with Crippen molar-refractivity contribution in [1.82, 2.24) is 10.6 Å². The van der Waals surface area contributed by atoms with Crippen LogP contribution < -0.4 is 10.6 Å². The smallest absolute Gasteiger partial charge is 0.221 e. The van der Waals surface area contributed by atoms with Gasteiger partial charge in [0, 0.05) is 13.0 Å². The predicted octanol–water partition coefficient (Wildman–Crippen LogP) is 0.302. The molecule has 0 atom stereocenters. The molecule has 6 heteroatoms. The summed E-state index contributed by atoms with van der Waals surface area (Å²) in [6, 6.07) is 0. The van der Waals surface area contributed by atoms with Crippen molar-refractivity contribution in [3.63, 3.8) is 0 Å². The Bertz CT molecular complexity index is 246. The number of carbonyl (C=O) groups is 1. The van der Waals surface area contributed by atoms with Gasteiger partial charge in [0.1, 0.15) is 0 Å². The molecule has 0 aliphatic carbocycles. The van der Waals surface area contributed by atoms with Crippen LogP contribution in [-0.2, 0) is 4.79 Å². The van der Waals surface area contributed by atoms with E-state index in [2.05, 4.69) is 15.6 Å². The minimum atomic E-state index is -0.0198. The number of aliphatic imine (C=N–C) groups is 1. The van der Waals surface area contributed by atoms with Gasteiger partial charge in [-0.3, -0.25) is 15.1 Å². The van der Waals surface area contributed by atoms with Crippen LogP contribution in [0.1, 0.15) is 13.3 Å². The Labute approximate surface area is 88.0 Å². The maximum atomic E-state index is 11.0. The summed E-state index contributed by atoms with van der Waals surface area (Å²) in [7, 11) is 0. The molecule has 0 fully saturated rings. The second kappa shape index (κ2) is 8.38. The molecule has 1 amide bonds. The first kappa shape index (κ1) is 12.8. The molecule has 0 radical (unpaired) electrons. The largest absolute Gasteiger partial charge is 0.356 e. The van der Waals surface area contributed by atoms with E-state index in [1.165, 1.54) is 11.8 Å². The maximum Gasteiger partial charge on any atom is 0.221 e. The van der Waals surface area contributed by atoms with Crippen LogP contribution >= 0.6 is 11.8 Å². The summed E-state index contributed by atoms with van der Waals surface area (Å²) in [6.45, 7) is 2.90. The van der Waals surface area contributed by atoms with Crippen molar-refractivity contribution in [2.24, 2.45) is 4.99 Å². The van der Waals surface area contributed by atoms with Gasteiger partial charge in [-0.05, 0) is 13.2 Å². The zero-order valence-electron chi connectivity index (χ0n) is 8.33. The highest BCUT2D eigenvalue weighted by Crippen LogP contribution is 1.95. The molecule has 0 saturated heterocycles. The van der Waals surface area contributed by atoms with Crippen LogP contribution in [0.15, 0.2) is 4.99 Å². The standard InChI is InChI=1S/C8H14N4OS/c1-3-10-7(13)4-5-11-8(14-2)12-6-9/h3-5H2,1-2H3,(H,10,13)(H,11,12). The molecule has 0 bridgehead atoms. The molecular weight excluding hydrogens is 200 g/mol. The third-order valence-electron chi connectivity index (χ3n) is 1.32. The number of nitrogens with one attached hydrogen (secondary N) is 2. The number of carbonyl (C=O) groups excluding carboxylic acids is 1. The normalized spacial score (nSPS) is 10.5. The van der Waals surface area contributed by atoms with Gasteiger partial charge in [-0.15, -0.1) is 0 Å². The van der Waals surface area contributed by atoms with Gasteiger partial charge in [0.15, 0.2) is 11.4 Å². The molecule has 0 aliphatic heterocycles. The SMILES string of the molecule is CCNC(=O)CCN=C(NC#N)SC. The quantitative estimate of drug-likeness (QED) is 0.305. The molecular formula is C8H14N4OS. The molecule has 0 spiro atoms. The van der Waals surface area contributed by atoms with Crippen molar-refractivity contribution in [3.05, 3.63) is 0 Å². The molecule has 0 rings (SSSR count). The molecule has 0 aromatic rings. The van der Waals surface area contributed by atoms with E-state index in [-0.39, 0.29) is 5.91 Å². The summed E-state index contributed by atoms with van der Waals surface area (Å²) < 4.78 is 0. The van der Waals surface area contributed by atoms with Gasteiger partial charge in [-0.2, -0.15) is 5.26 Å². The fourth-order valence-electron chi connectivity index (χ4n) is 0.747. The number of nitriles is 1. The number of thioether (sulfide) groups is 1. The highest BCUT2D eigenvalue weighted by molar-refractivity contribution is 8.13. The number of hydrogen-bond donors (Lipinski definition) is 2. The van der Waals surface area contributed by atoms with Crippen molar-refractivity contribution in [3.8, 4) is 6.19 Å². The molecule has 0 heterocycles. The number of rotatable bonds is 4. The topological polar surface area (TPSA) is 77.3 Å². The summed E-state index contributed by atoms with van der Waals surface area (Å²) in [6.07, 6.45) is 3.95. The molecule has 0 unspecified atom stereocenters. The molecule has 0 aromatic carbocycles. The van der Waals surface area contributed by atoms with E-state index < -0.39 is 0 Å². The van der Waals surface area contributed by atoms with Crippen LogP contribution in [0, 0.1) is 11.5 Å². The Balaban J connectivity index is 3.78. The van der Waals surface area contributed by atoms with E-state index in [0.717, 1.165) is 0 Å². The minimum Gasteiger partial charge on any atom is -0.356 e. The third kappa shape index (κ3) is 6.31. The van der Waals surface area contributed by atoms with Crippen molar-refractivity contribution in [1.29, 1.82) is 5.26 Å². The monoisotopic (exact) mass is 214 g/mol. The molecule has 0 aliphatic rings. The zero-order chi connectivity index (χ0) is 10.8. The van der Waals surface area contributed by atoms with E-state index in [1.54, 1.807) is 6.19 Å². The average molecular weight is 214 g/mol. The first-order valence-electron chi connectivity index (χ1n) is 4.24. The van der Waals surface area contributed by atoms with Crippen LogP contribution in [0.3, 0.4) is 0 Å². The fraction of sp³-hybridized carbons (Fsp3) is 0.625. The van der Waals surface area contributed by atoms with Crippen LogP contribution in [0.25, 0.3) is 0 Å². The maximum absolute atomic E-state index is 11.0.